The highest BCUT2D eigenvalue weighted by Crippen LogP contribution is 2.17. The number of benzene rings is 2. The van der Waals surface area contributed by atoms with Crippen molar-refractivity contribution >= 4 is 23.4 Å². The summed E-state index contributed by atoms with van der Waals surface area (Å²) in [4.78, 5) is 15.4. The van der Waals surface area contributed by atoms with Crippen molar-refractivity contribution in [3.8, 4) is 0 Å². The second-order valence-electron chi connectivity index (χ2n) is 5.41. The second-order valence-corrected chi connectivity index (χ2v) is 6.29. The number of anilines is 1. The molecule has 2 rings (SSSR count). The predicted octanol–water partition coefficient (Wildman–Crippen LogP) is 4.01. The summed E-state index contributed by atoms with van der Waals surface area (Å²) in [5.41, 5.74) is 1.35. The molecule has 0 unspecified atom stereocenters. The number of amides is 1. The number of thioether (sulfide) groups is 1. The van der Waals surface area contributed by atoms with Crippen LogP contribution in [0.4, 0.5) is 10.1 Å². The molecular weight excluding hydrogens is 311 g/mol. The van der Waals surface area contributed by atoms with Crippen molar-refractivity contribution in [1.29, 1.82) is 0 Å². The first-order valence-corrected chi connectivity index (χ1v) is 8.62. The van der Waals surface area contributed by atoms with Crippen LogP contribution in [0.3, 0.4) is 0 Å². The second kappa shape index (κ2) is 8.13. The van der Waals surface area contributed by atoms with Gasteiger partial charge in [0.1, 0.15) is 5.82 Å². The van der Waals surface area contributed by atoms with Crippen molar-refractivity contribution in [2.75, 3.05) is 18.6 Å². The van der Waals surface area contributed by atoms with E-state index in [1.165, 1.54) is 11.0 Å². The predicted molar refractivity (Wildman–Crippen MR) is 94.2 cm³/mol. The number of carbonyl (C=O) groups excluding carboxylic acids is 1. The molecule has 23 heavy (non-hydrogen) atoms. The first kappa shape index (κ1) is 17.5. The molecule has 0 saturated heterocycles. The normalized spacial score (nSPS) is 12.2. The number of hydrogen-bond acceptors (Lipinski definition) is 3. The number of nitrogens with one attached hydrogen (secondary N) is 1. The van der Waals surface area contributed by atoms with E-state index < -0.39 is 5.82 Å². The van der Waals surface area contributed by atoms with Gasteiger partial charge >= 0.3 is 0 Å². The first-order chi connectivity index (χ1) is 11.0. The summed E-state index contributed by atoms with van der Waals surface area (Å²) in [5, 5.41) is 2.64. The number of rotatable bonds is 6. The SMILES string of the molecule is CSc1ccc(CN(C)[C@H](C)C(=O)Nc2ccccc2F)cc1. The molecule has 0 fully saturated rings. The molecular formula is C18H21FN2OS. The minimum atomic E-state index is -0.427. The number of halogens is 1. The summed E-state index contributed by atoms with van der Waals surface area (Å²) in [7, 11) is 1.88. The van der Waals surface area contributed by atoms with Gasteiger partial charge in [0.2, 0.25) is 5.91 Å². The van der Waals surface area contributed by atoms with Gasteiger partial charge in [0.15, 0.2) is 0 Å². The Morgan fingerprint density at radius 1 is 1.22 bits per heavy atom. The first-order valence-electron chi connectivity index (χ1n) is 7.40. The molecule has 0 spiro atoms. The van der Waals surface area contributed by atoms with Crippen LogP contribution in [0.25, 0.3) is 0 Å². The van der Waals surface area contributed by atoms with Gasteiger partial charge in [-0.2, -0.15) is 0 Å². The molecule has 1 atom stereocenters. The zero-order valence-electron chi connectivity index (χ0n) is 13.5. The smallest absolute Gasteiger partial charge is 0.241 e. The van der Waals surface area contributed by atoms with E-state index in [1.54, 1.807) is 30.0 Å². The van der Waals surface area contributed by atoms with Crippen molar-refractivity contribution in [2.24, 2.45) is 0 Å². The Bertz CT molecular complexity index is 660. The highest BCUT2D eigenvalue weighted by molar-refractivity contribution is 7.98. The van der Waals surface area contributed by atoms with Gasteiger partial charge in [-0.1, -0.05) is 24.3 Å². The third-order valence-electron chi connectivity index (χ3n) is 3.76. The summed E-state index contributed by atoms with van der Waals surface area (Å²) in [5.74, 6) is -0.651. The lowest BCUT2D eigenvalue weighted by Crippen LogP contribution is -2.39. The monoisotopic (exact) mass is 332 g/mol. The maximum absolute atomic E-state index is 13.6. The number of nitrogens with zero attached hydrogens (tertiary/aromatic N) is 1. The molecule has 0 radical (unpaired) electrons. The van der Waals surface area contributed by atoms with Crippen LogP contribution in [0.1, 0.15) is 12.5 Å². The fourth-order valence-electron chi connectivity index (χ4n) is 2.16. The Balaban J connectivity index is 1.96. The van der Waals surface area contributed by atoms with E-state index in [-0.39, 0.29) is 17.6 Å². The lowest BCUT2D eigenvalue weighted by Gasteiger charge is -2.24. The number of carbonyl (C=O) groups is 1. The minimum absolute atomic E-state index is 0.210. The molecule has 2 aromatic rings. The summed E-state index contributed by atoms with van der Waals surface area (Å²) in [6.07, 6.45) is 2.04. The van der Waals surface area contributed by atoms with Crippen LogP contribution >= 0.6 is 11.8 Å². The fraction of sp³-hybridized carbons (Fsp3) is 0.278. The largest absolute Gasteiger partial charge is 0.322 e. The van der Waals surface area contributed by atoms with Crippen LogP contribution in [0.5, 0.6) is 0 Å². The van der Waals surface area contributed by atoms with Gasteiger partial charge < -0.3 is 5.32 Å². The third kappa shape index (κ3) is 4.81. The van der Waals surface area contributed by atoms with E-state index in [2.05, 4.69) is 29.6 Å². The number of hydrogen-bond donors (Lipinski definition) is 1. The number of likely N-dealkylation sites (N-methyl/N-ethyl adjacent to an activating group) is 1. The van der Waals surface area contributed by atoms with Crippen LogP contribution in [-0.4, -0.2) is 30.2 Å². The van der Waals surface area contributed by atoms with Crippen LogP contribution in [0.2, 0.25) is 0 Å². The molecule has 0 bridgehead atoms. The summed E-state index contributed by atoms with van der Waals surface area (Å²) in [6.45, 7) is 2.47. The average Bonchev–Trinajstić information content (AvgIpc) is 2.56. The lowest BCUT2D eigenvalue weighted by atomic mass is 10.2. The summed E-state index contributed by atoms with van der Waals surface area (Å²) in [6, 6.07) is 14.1. The van der Waals surface area contributed by atoms with Crippen LogP contribution in [0.15, 0.2) is 53.4 Å². The molecule has 1 N–H and O–H groups in total. The van der Waals surface area contributed by atoms with Crippen molar-refractivity contribution in [1.82, 2.24) is 4.90 Å². The topological polar surface area (TPSA) is 32.3 Å². The molecule has 3 nitrogen and oxygen atoms in total. The van der Waals surface area contributed by atoms with Gasteiger partial charge in [-0.05, 0) is 50.1 Å². The van der Waals surface area contributed by atoms with E-state index in [0.717, 1.165) is 5.56 Å². The van der Waals surface area contributed by atoms with E-state index in [0.29, 0.717) is 6.54 Å². The molecule has 2 aromatic carbocycles. The molecule has 0 aromatic heterocycles. The fourth-order valence-corrected chi connectivity index (χ4v) is 2.56. The highest BCUT2D eigenvalue weighted by Gasteiger charge is 2.19. The van der Waals surface area contributed by atoms with Crippen LogP contribution < -0.4 is 5.32 Å². The molecule has 0 aliphatic carbocycles. The Labute approximate surface area is 140 Å². The van der Waals surface area contributed by atoms with Crippen LogP contribution in [0, 0.1) is 5.82 Å². The highest BCUT2D eigenvalue weighted by atomic mass is 32.2. The standard InChI is InChI=1S/C18H21FN2OS/c1-13(18(22)20-17-7-5-4-6-16(17)19)21(2)12-14-8-10-15(23-3)11-9-14/h4-11,13H,12H2,1-3H3,(H,20,22)/t13-/m1/s1. The third-order valence-corrected chi connectivity index (χ3v) is 4.51. The van der Waals surface area contributed by atoms with Crippen molar-refractivity contribution in [3.63, 3.8) is 0 Å². The molecule has 1 amide bonds. The zero-order chi connectivity index (χ0) is 16.8. The van der Waals surface area contributed by atoms with Crippen LogP contribution in [-0.2, 0) is 11.3 Å². The molecule has 0 aliphatic heterocycles. The zero-order valence-corrected chi connectivity index (χ0v) is 14.4. The van der Waals surface area contributed by atoms with Crippen molar-refractivity contribution < 1.29 is 9.18 Å². The maximum Gasteiger partial charge on any atom is 0.241 e. The Hall–Kier alpha value is -1.85. The molecule has 0 aliphatic rings. The van der Waals surface area contributed by atoms with E-state index in [9.17, 15) is 9.18 Å². The van der Waals surface area contributed by atoms with Gasteiger partial charge in [0.25, 0.3) is 0 Å². The van der Waals surface area contributed by atoms with Gasteiger partial charge in [0, 0.05) is 11.4 Å². The minimum Gasteiger partial charge on any atom is -0.322 e. The average molecular weight is 332 g/mol. The summed E-state index contributed by atoms with van der Waals surface area (Å²) < 4.78 is 13.6. The molecule has 122 valence electrons. The quantitative estimate of drug-likeness (QED) is 0.811. The van der Waals surface area contributed by atoms with Crippen molar-refractivity contribution in [3.05, 3.63) is 59.9 Å². The van der Waals surface area contributed by atoms with Gasteiger partial charge in [-0.25, -0.2) is 4.39 Å². The summed E-state index contributed by atoms with van der Waals surface area (Å²) >= 11 is 1.70. The van der Waals surface area contributed by atoms with Gasteiger partial charge in [0.05, 0.1) is 11.7 Å². The van der Waals surface area contributed by atoms with E-state index >= 15 is 0 Å². The van der Waals surface area contributed by atoms with E-state index in [1.807, 2.05) is 25.1 Å². The Morgan fingerprint density at radius 2 is 1.87 bits per heavy atom. The Kier molecular flexibility index (Phi) is 6.19. The number of para-hydroxylation sites is 1. The molecule has 0 saturated carbocycles. The lowest BCUT2D eigenvalue weighted by molar-refractivity contribution is -0.120. The van der Waals surface area contributed by atoms with E-state index in [4.69, 9.17) is 0 Å². The maximum atomic E-state index is 13.6. The molecule has 0 heterocycles. The van der Waals surface area contributed by atoms with Gasteiger partial charge in [-0.3, -0.25) is 9.69 Å². The molecule has 5 heteroatoms. The van der Waals surface area contributed by atoms with Crippen molar-refractivity contribution in [2.45, 2.75) is 24.4 Å². The van der Waals surface area contributed by atoms with Gasteiger partial charge in [-0.15, -0.1) is 11.8 Å². The Morgan fingerprint density at radius 3 is 2.48 bits per heavy atom.